The molecule has 0 fully saturated rings. The Bertz CT molecular complexity index is 765. The lowest BCUT2D eigenvalue weighted by molar-refractivity contribution is 0.0949. The van der Waals surface area contributed by atoms with Crippen LogP contribution in [0.1, 0.15) is 16.2 Å². The molecule has 22 heavy (non-hydrogen) atoms. The quantitative estimate of drug-likeness (QED) is 0.796. The average molecular weight is 293 g/mol. The summed E-state index contributed by atoms with van der Waals surface area (Å²) in [6, 6.07) is 17.5. The zero-order chi connectivity index (χ0) is 15.4. The average Bonchev–Trinajstić information content (AvgIpc) is 2.99. The molecule has 0 atom stereocenters. The summed E-state index contributed by atoms with van der Waals surface area (Å²) in [5, 5.41) is 13.9. The molecule has 1 heterocycles. The number of aromatic nitrogens is 4. The largest absolute Gasteiger partial charge is 0.345 e. The van der Waals surface area contributed by atoms with Crippen molar-refractivity contribution in [2.24, 2.45) is 7.05 Å². The number of nitrogens with one attached hydrogen (secondary N) is 1. The fraction of sp³-hybridized carbons (Fsp3) is 0.125. The van der Waals surface area contributed by atoms with Crippen LogP contribution in [0.5, 0.6) is 0 Å². The van der Waals surface area contributed by atoms with E-state index in [1.165, 1.54) is 4.68 Å². The molecule has 0 radical (unpaired) electrons. The maximum Gasteiger partial charge on any atom is 0.251 e. The van der Waals surface area contributed by atoms with Crippen LogP contribution in [-0.4, -0.2) is 26.1 Å². The summed E-state index contributed by atoms with van der Waals surface area (Å²) >= 11 is 0. The van der Waals surface area contributed by atoms with Gasteiger partial charge < -0.3 is 5.32 Å². The Morgan fingerprint density at radius 3 is 2.36 bits per heavy atom. The van der Waals surface area contributed by atoms with Crippen LogP contribution in [0.4, 0.5) is 0 Å². The molecular weight excluding hydrogens is 278 g/mol. The van der Waals surface area contributed by atoms with Crippen molar-refractivity contribution >= 4 is 5.91 Å². The van der Waals surface area contributed by atoms with Gasteiger partial charge in [-0.2, -0.15) is 0 Å². The maximum absolute atomic E-state index is 12.1. The van der Waals surface area contributed by atoms with Crippen molar-refractivity contribution in [1.29, 1.82) is 0 Å². The van der Waals surface area contributed by atoms with Crippen molar-refractivity contribution in [1.82, 2.24) is 25.5 Å². The lowest BCUT2D eigenvalue weighted by Crippen LogP contribution is -2.24. The third kappa shape index (κ3) is 3.01. The van der Waals surface area contributed by atoms with Crippen molar-refractivity contribution in [3.05, 3.63) is 66.0 Å². The molecule has 3 aromatic rings. The van der Waals surface area contributed by atoms with Crippen LogP contribution in [-0.2, 0) is 13.6 Å². The van der Waals surface area contributed by atoms with Gasteiger partial charge in [-0.1, -0.05) is 42.5 Å². The summed E-state index contributed by atoms with van der Waals surface area (Å²) < 4.78 is 1.53. The van der Waals surface area contributed by atoms with Crippen molar-refractivity contribution in [3.8, 4) is 11.1 Å². The molecule has 1 N–H and O–H groups in total. The predicted molar refractivity (Wildman–Crippen MR) is 81.8 cm³/mol. The number of carbonyl (C=O) groups excluding carboxylic acids is 1. The number of tetrazole rings is 1. The number of amides is 1. The molecule has 1 amide bonds. The zero-order valence-corrected chi connectivity index (χ0v) is 12.1. The maximum atomic E-state index is 12.1. The molecule has 110 valence electrons. The van der Waals surface area contributed by atoms with Crippen LogP contribution in [0.3, 0.4) is 0 Å². The molecule has 2 aromatic carbocycles. The molecule has 0 saturated carbocycles. The first-order valence-corrected chi connectivity index (χ1v) is 6.89. The van der Waals surface area contributed by atoms with E-state index in [0.717, 1.165) is 11.1 Å². The predicted octanol–water partition coefficient (Wildman–Crippen LogP) is 1.81. The second kappa shape index (κ2) is 6.17. The molecule has 0 spiro atoms. The molecule has 1 aromatic heterocycles. The molecular formula is C16H15N5O. The van der Waals surface area contributed by atoms with Crippen LogP contribution in [0.2, 0.25) is 0 Å². The Labute approximate surface area is 127 Å². The molecule has 0 bridgehead atoms. The van der Waals surface area contributed by atoms with Crippen molar-refractivity contribution in [2.45, 2.75) is 6.54 Å². The number of rotatable bonds is 4. The van der Waals surface area contributed by atoms with Crippen molar-refractivity contribution in [2.75, 3.05) is 0 Å². The van der Waals surface area contributed by atoms with E-state index in [1.807, 2.05) is 54.6 Å². The Kier molecular flexibility index (Phi) is 3.91. The Morgan fingerprint density at radius 2 is 1.73 bits per heavy atom. The van der Waals surface area contributed by atoms with Gasteiger partial charge in [0, 0.05) is 12.6 Å². The van der Waals surface area contributed by atoms with E-state index in [-0.39, 0.29) is 5.91 Å². The normalized spacial score (nSPS) is 10.4. The first kappa shape index (κ1) is 13.9. The lowest BCUT2D eigenvalue weighted by Gasteiger charge is -2.06. The molecule has 0 unspecified atom stereocenters. The first-order valence-electron chi connectivity index (χ1n) is 6.89. The zero-order valence-electron chi connectivity index (χ0n) is 12.1. The summed E-state index contributed by atoms with van der Waals surface area (Å²) in [7, 11) is 1.73. The van der Waals surface area contributed by atoms with E-state index in [2.05, 4.69) is 20.8 Å². The Hall–Kier alpha value is -3.02. The number of carbonyl (C=O) groups is 1. The fourth-order valence-corrected chi connectivity index (χ4v) is 2.10. The van der Waals surface area contributed by atoms with E-state index < -0.39 is 0 Å². The van der Waals surface area contributed by atoms with Gasteiger partial charge in [-0.15, -0.1) is 5.10 Å². The molecule has 0 aliphatic carbocycles. The van der Waals surface area contributed by atoms with Gasteiger partial charge in [0.1, 0.15) is 0 Å². The summed E-state index contributed by atoms with van der Waals surface area (Å²) in [6.45, 7) is 0.294. The molecule has 0 aliphatic heterocycles. The number of hydrogen-bond acceptors (Lipinski definition) is 4. The number of nitrogens with zero attached hydrogens (tertiary/aromatic N) is 4. The van der Waals surface area contributed by atoms with Crippen LogP contribution in [0.15, 0.2) is 54.6 Å². The SMILES string of the molecule is Cn1nnnc1CNC(=O)c1ccc(-c2ccccc2)cc1. The Morgan fingerprint density at radius 1 is 1.05 bits per heavy atom. The third-order valence-corrected chi connectivity index (χ3v) is 3.37. The summed E-state index contributed by atoms with van der Waals surface area (Å²) in [5.74, 6) is 0.455. The summed E-state index contributed by atoms with van der Waals surface area (Å²) in [5.41, 5.74) is 2.81. The monoisotopic (exact) mass is 293 g/mol. The lowest BCUT2D eigenvalue weighted by atomic mass is 10.0. The van der Waals surface area contributed by atoms with Gasteiger partial charge in [0.05, 0.1) is 6.54 Å². The summed E-state index contributed by atoms with van der Waals surface area (Å²) in [6.07, 6.45) is 0. The second-order valence-electron chi connectivity index (χ2n) is 4.84. The number of hydrogen-bond donors (Lipinski definition) is 1. The topological polar surface area (TPSA) is 72.7 Å². The summed E-state index contributed by atoms with van der Waals surface area (Å²) in [4.78, 5) is 12.1. The van der Waals surface area contributed by atoms with Gasteiger partial charge >= 0.3 is 0 Å². The van der Waals surface area contributed by atoms with Crippen LogP contribution < -0.4 is 5.32 Å². The van der Waals surface area contributed by atoms with Gasteiger partial charge in [-0.3, -0.25) is 4.79 Å². The Balaban J connectivity index is 1.67. The van der Waals surface area contributed by atoms with Crippen molar-refractivity contribution in [3.63, 3.8) is 0 Å². The van der Waals surface area contributed by atoms with Gasteiger partial charge in [-0.05, 0) is 33.7 Å². The minimum Gasteiger partial charge on any atom is -0.345 e. The molecule has 6 nitrogen and oxygen atoms in total. The highest BCUT2D eigenvalue weighted by atomic mass is 16.1. The molecule has 3 rings (SSSR count). The van der Waals surface area contributed by atoms with Gasteiger partial charge in [-0.25, -0.2) is 4.68 Å². The minimum absolute atomic E-state index is 0.150. The smallest absolute Gasteiger partial charge is 0.251 e. The first-order chi connectivity index (χ1) is 10.7. The number of aryl methyl sites for hydroxylation is 1. The van der Waals surface area contributed by atoms with E-state index in [9.17, 15) is 4.79 Å². The molecule has 0 aliphatic rings. The van der Waals surface area contributed by atoms with Gasteiger partial charge in [0.15, 0.2) is 5.82 Å². The molecule has 6 heteroatoms. The van der Waals surface area contributed by atoms with Crippen LogP contribution >= 0.6 is 0 Å². The molecule has 0 saturated heterocycles. The van der Waals surface area contributed by atoms with Crippen LogP contribution in [0, 0.1) is 0 Å². The van der Waals surface area contributed by atoms with E-state index in [1.54, 1.807) is 7.05 Å². The minimum atomic E-state index is -0.150. The fourth-order valence-electron chi connectivity index (χ4n) is 2.10. The van der Waals surface area contributed by atoms with Crippen LogP contribution in [0.25, 0.3) is 11.1 Å². The standard InChI is InChI=1S/C16H15N5O/c1-21-15(18-19-20-21)11-17-16(22)14-9-7-13(8-10-14)12-5-3-2-4-6-12/h2-10H,11H2,1H3,(H,17,22). The number of benzene rings is 2. The van der Waals surface area contributed by atoms with Gasteiger partial charge in [0.25, 0.3) is 5.91 Å². The van der Waals surface area contributed by atoms with E-state index >= 15 is 0 Å². The van der Waals surface area contributed by atoms with E-state index in [0.29, 0.717) is 17.9 Å². The highest BCUT2D eigenvalue weighted by molar-refractivity contribution is 5.94. The van der Waals surface area contributed by atoms with E-state index in [4.69, 9.17) is 0 Å². The highest BCUT2D eigenvalue weighted by Gasteiger charge is 2.08. The van der Waals surface area contributed by atoms with Gasteiger partial charge in [0.2, 0.25) is 0 Å². The van der Waals surface area contributed by atoms with Crippen molar-refractivity contribution < 1.29 is 4.79 Å². The second-order valence-corrected chi connectivity index (χ2v) is 4.84. The third-order valence-electron chi connectivity index (χ3n) is 3.37. The highest BCUT2D eigenvalue weighted by Crippen LogP contribution is 2.19.